The molecule has 4 fully saturated rings. The third kappa shape index (κ3) is 11.8. The highest BCUT2D eigenvalue weighted by Crippen LogP contribution is 2.52. The smallest absolute Gasteiger partial charge is 0.339 e. The van der Waals surface area contributed by atoms with Crippen molar-refractivity contribution in [2.45, 2.75) is 182 Å². The molecule has 27 atom stereocenters. The molecule has 37 nitrogen and oxygen atoms in total. The summed E-state index contributed by atoms with van der Waals surface area (Å²) in [6.07, 6.45) is -60.3. The van der Waals surface area contributed by atoms with E-state index in [2.05, 4.69) is 0 Å². The Kier molecular flexibility index (Phi) is 22.3. The van der Waals surface area contributed by atoms with E-state index in [0.717, 1.165) is 0 Å². The maximum absolute atomic E-state index is 13.8. The fourth-order valence-corrected chi connectivity index (χ4v) is 10.6. The zero-order chi connectivity index (χ0) is 60.4. The zero-order valence-electron chi connectivity index (χ0n) is 41.3. The third-order valence-corrected chi connectivity index (χ3v) is 14.9. The molecule has 4 saturated heterocycles. The van der Waals surface area contributed by atoms with Gasteiger partial charge in [0.2, 0.25) is 23.3 Å². The number of carboxylic acid groups (broad SMARTS) is 2. The molecule has 4 heterocycles. The molecule has 0 radical (unpaired) electrons. The average molecular weight is 1160 g/mol. The molecular formula is C42H69N3O34. The molecule has 4 aliphatic rings. The molecule has 0 spiro atoms. The number of carbonyl (C=O) groups excluding carboxylic acids is 4. The molecule has 0 aromatic rings. The van der Waals surface area contributed by atoms with Gasteiger partial charge in [-0.1, -0.05) is 0 Å². The summed E-state index contributed by atoms with van der Waals surface area (Å²) in [7, 11) is 0. The summed E-state index contributed by atoms with van der Waals surface area (Å²) in [6, 6.07) is -7.51. The van der Waals surface area contributed by atoms with Crippen LogP contribution in [-0.4, -0.2) is 360 Å². The van der Waals surface area contributed by atoms with Crippen molar-refractivity contribution >= 4 is 35.9 Å². The van der Waals surface area contributed by atoms with E-state index in [1.165, 1.54) is 0 Å². The van der Waals surface area contributed by atoms with E-state index in [0.29, 0.717) is 6.92 Å². The first-order valence-electron chi connectivity index (χ1n) is 23.8. The Morgan fingerprint density at radius 2 is 1.13 bits per heavy atom. The van der Waals surface area contributed by atoms with Gasteiger partial charge in [-0.15, -0.1) is 0 Å². The number of carboxylic acids is 2. The van der Waals surface area contributed by atoms with Crippen molar-refractivity contribution in [1.29, 1.82) is 0 Å². The van der Waals surface area contributed by atoms with Crippen molar-refractivity contribution < 1.29 is 170 Å². The Labute approximate surface area is 443 Å². The summed E-state index contributed by atoms with van der Waals surface area (Å²) < 4.78 is 22.5. The van der Waals surface area contributed by atoms with Gasteiger partial charge in [-0.2, -0.15) is 0 Å². The number of aliphatic hydroxyl groups is 22. The lowest BCUT2D eigenvalue weighted by Crippen LogP contribution is -2.88. The fraction of sp³-hybridized carbons (Fsp3) is 0.857. The van der Waals surface area contributed by atoms with Gasteiger partial charge in [0.05, 0.1) is 56.8 Å². The summed E-state index contributed by atoms with van der Waals surface area (Å²) in [5.41, 5.74) is -20.7. The first-order valence-corrected chi connectivity index (χ1v) is 23.8. The topological polar surface area (TPSA) is 661 Å². The van der Waals surface area contributed by atoms with Crippen molar-refractivity contribution in [2.24, 2.45) is 0 Å². The van der Waals surface area contributed by atoms with Crippen molar-refractivity contribution in [3.63, 3.8) is 0 Å². The largest absolute Gasteiger partial charge is 0.479 e. The minimum absolute atomic E-state index is 0.546. The molecule has 456 valence electrons. The highest BCUT2D eigenvalue weighted by Gasteiger charge is 2.78. The maximum atomic E-state index is 13.8. The number of aldehydes is 1. The van der Waals surface area contributed by atoms with Crippen LogP contribution >= 0.6 is 0 Å². The minimum Gasteiger partial charge on any atom is -0.479 e. The van der Waals surface area contributed by atoms with Gasteiger partial charge in [-0.05, 0) is 0 Å². The van der Waals surface area contributed by atoms with Gasteiger partial charge in [0.15, 0.2) is 23.1 Å². The Hall–Kier alpha value is -4.02. The molecule has 37 heteroatoms. The van der Waals surface area contributed by atoms with Crippen LogP contribution in [0.15, 0.2) is 0 Å². The van der Waals surface area contributed by atoms with Crippen LogP contribution in [0.4, 0.5) is 0 Å². The maximum Gasteiger partial charge on any atom is 0.339 e. The molecule has 79 heavy (non-hydrogen) atoms. The fourth-order valence-electron chi connectivity index (χ4n) is 10.6. The quantitative estimate of drug-likeness (QED) is 0.0399. The predicted molar refractivity (Wildman–Crippen MR) is 240 cm³/mol. The monoisotopic (exact) mass is 1160 g/mol. The number of rotatable bonds is 24. The van der Waals surface area contributed by atoms with E-state index in [9.17, 15) is 151 Å². The van der Waals surface area contributed by atoms with Crippen molar-refractivity contribution in [2.75, 3.05) is 39.6 Å². The van der Waals surface area contributed by atoms with E-state index < -0.39 is 251 Å². The van der Waals surface area contributed by atoms with E-state index in [4.69, 9.17) is 18.9 Å². The van der Waals surface area contributed by atoms with Gasteiger partial charge in [0.25, 0.3) is 0 Å². The summed E-state index contributed by atoms with van der Waals surface area (Å²) in [6.45, 7) is -8.27. The summed E-state index contributed by atoms with van der Waals surface area (Å²) in [4.78, 5) is 78.5. The highest BCUT2D eigenvalue weighted by atomic mass is 16.6. The van der Waals surface area contributed by atoms with Crippen molar-refractivity contribution in [1.82, 2.24) is 16.0 Å². The number of ether oxygens (including phenoxy) is 4. The van der Waals surface area contributed by atoms with Gasteiger partial charge < -0.3 is 157 Å². The van der Waals surface area contributed by atoms with Crippen molar-refractivity contribution in [3.05, 3.63) is 0 Å². The lowest BCUT2D eigenvalue weighted by Gasteiger charge is -2.63. The van der Waals surface area contributed by atoms with Gasteiger partial charge >= 0.3 is 11.9 Å². The standard InChI is InChI=1S/C42H69N3O34/c1-11(53)43-28-34(38(73,10-52)30(65)24(63)16(58)6-48)77-27(31(66)39(36(69)70)2-12(54)20(44-18(59)8-50)25(78-39)22(61)14(56)4-46)32(67)41(28,74)35-33(68)42(75,29(64)17(7-49)76-35)40(37(71)72)3-13(55)21(45-19(60)9-51)26(79-40)23(62)15(57)5-47/h10,12-17,20-35,46-51,54-58,61-68,73-75H,2-9H2,1H3,(H,43,53)(H,44,59)(H,45,60)(H,69,70)(H,71,72)/t12-,13-,14+,15+,16+,17+,20+,21+,22+,23+,24+,25+,26+,27+,28-,29-,30-,31?,32+,33-,34+,35+,38+,39-,40+,41+,42-/m0/s1. The van der Waals surface area contributed by atoms with Crippen LogP contribution in [0.2, 0.25) is 0 Å². The van der Waals surface area contributed by atoms with Gasteiger partial charge in [0.1, 0.15) is 123 Å². The molecule has 4 rings (SSSR count). The summed E-state index contributed by atoms with van der Waals surface area (Å²) in [5.74, 6) is -9.45. The lowest BCUT2D eigenvalue weighted by atomic mass is 9.60. The van der Waals surface area contributed by atoms with Crippen LogP contribution in [0.5, 0.6) is 0 Å². The molecule has 0 aromatic heterocycles. The molecule has 1 unspecified atom stereocenters. The van der Waals surface area contributed by atoms with Crippen molar-refractivity contribution in [3.8, 4) is 0 Å². The first-order chi connectivity index (χ1) is 36.6. The average Bonchev–Trinajstić information content (AvgIpc) is 3.21. The molecular weight excluding hydrogens is 1090 g/mol. The highest BCUT2D eigenvalue weighted by molar-refractivity contribution is 5.82. The van der Waals surface area contributed by atoms with Crippen LogP contribution in [-0.2, 0) is 47.7 Å². The van der Waals surface area contributed by atoms with E-state index in [1.54, 1.807) is 0 Å². The summed E-state index contributed by atoms with van der Waals surface area (Å²) in [5, 5.41) is 273. The molecule has 0 aliphatic carbocycles. The molecule has 3 amide bonds. The number of hydrogen-bond acceptors (Lipinski definition) is 32. The van der Waals surface area contributed by atoms with Gasteiger partial charge in [-0.25, -0.2) is 9.59 Å². The number of hydrogen-bond donors (Lipinski definition) is 27. The summed E-state index contributed by atoms with van der Waals surface area (Å²) >= 11 is 0. The second-order valence-electron chi connectivity index (χ2n) is 19.7. The molecule has 4 aliphatic heterocycles. The van der Waals surface area contributed by atoms with Crippen LogP contribution in [0.1, 0.15) is 19.8 Å². The second kappa shape index (κ2) is 26.1. The number of carbonyl (C=O) groups is 6. The Morgan fingerprint density at radius 1 is 0.646 bits per heavy atom. The van der Waals surface area contributed by atoms with Crippen LogP contribution in [0.3, 0.4) is 0 Å². The van der Waals surface area contributed by atoms with E-state index in [-0.39, 0.29) is 0 Å². The van der Waals surface area contributed by atoms with Crippen LogP contribution in [0.25, 0.3) is 0 Å². The predicted octanol–water partition coefficient (Wildman–Crippen LogP) is -17.7. The first kappa shape index (κ1) is 67.5. The third-order valence-electron chi connectivity index (χ3n) is 14.9. The number of nitrogens with one attached hydrogen (secondary N) is 3. The van der Waals surface area contributed by atoms with Gasteiger partial charge in [-0.3, -0.25) is 19.2 Å². The molecule has 0 saturated carbocycles. The second-order valence-corrected chi connectivity index (χ2v) is 19.7. The van der Waals surface area contributed by atoms with Crippen LogP contribution < -0.4 is 16.0 Å². The number of aliphatic carboxylic acids is 2. The lowest BCUT2D eigenvalue weighted by molar-refractivity contribution is -0.387. The number of aliphatic hydroxyl groups excluding tert-OH is 19. The minimum atomic E-state index is -4.37. The van der Waals surface area contributed by atoms with E-state index in [1.807, 2.05) is 16.0 Å². The SMILES string of the molecule is CC(=O)N[C@H]1[C@H]([C@@](O)(C=O)[C@@H](O)[C@H](O)[C@H](O)CO)O[C@H](C(O)[C@]2(C(=O)O)C[C@H](O)[C@@H](NC(=O)CO)[C@H]([C@H](O)[C@H](O)CO)O2)[C@@H](O)[C@@]1(O)[C@@H]1O[C@H](CO)[C@H](O)[C@@](O)([C@]2(C(=O)O)C[C@H](O)[C@@H](NC(=O)CO)[C@H]([C@H](O)[C@H](O)CO)O2)[C@H]1O. The van der Waals surface area contributed by atoms with E-state index >= 15 is 0 Å². The van der Waals surface area contributed by atoms with Gasteiger partial charge in [0, 0.05) is 19.8 Å². The molecule has 27 N–H and O–H groups in total. The van der Waals surface area contributed by atoms with Crippen LogP contribution in [0, 0.1) is 0 Å². The number of amides is 3. The Bertz CT molecular complexity index is 2140. The zero-order valence-corrected chi connectivity index (χ0v) is 41.3. The normalized spacial score (nSPS) is 40.9. The molecule has 0 bridgehead atoms. The molecule has 0 aromatic carbocycles. The Balaban J connectivity index is 2.16. The Morgan fingerprint density at radius 3 is 1.54 bits per heavy atom.